The molecule has 1 unspecified atom stereocenters. The first-order valence-electron chi connectivity index (χ1n) is 6.96. The van der Waals surface area contributed by atoms with E-state index in [0.717, 1.165) is 6.42 Å². The summed E-state index contributed by atoms with van der Waals surface area (Å²) >= 11 is 0. The molecule has 7 nitrogen and oxygen atoms in total. The van der Waals surface area contributed by atoms with E-state index in [9.17, 15) is 10.1 Å². The highest BCUT2D eigenvalue weighted by molar-refractivity contribution is 5.61. The summed E-state index contributed by atoms with van der Waals surface area (Å²) in [5.41, 5.74) is 5.90. The van der Waals surface area contributed by atoms with Crippen LogP contribution in [0.2, 0.25) is 0 Å². The van der Waals surface area contributed by atoms with Gasteiger partial charge in [-0.25, -0.2) is 4.68 Å². The third kappa shape index (κ3) is 3.09. The molecule has 0 saturated carbocycles. The number of nitro groups is 1. The zero-order valence-corrected chi connectivity index (χ0v) is 12.9. The van der Waals surface area contributed by atoms with Gasteiger partial charge in [0.1, 0.15) is 5.69 Å². The Morgan fingerprint density at radius 3 is 2.55 bits per heavy atom. The van der Waals surface area contributed by atoms with E-state index in [-0.39, 0.29) is 16.5 Å². The van der Waals surface area contributed by atoms with Crippen LogP contribution >= 0.6 is 0 Å². The van der Waals surface area contributed by atoms with Crippen molar-refractivity contribution in [2.75, 3.05) is 11.9 Å². The number of rotatable bonds is 7. The minimum absolute atomic E-state index is 0.0405. The highest BCUT2D eigenvalue weighted by atomic mass is 16.6. The number of nitrogens with two attached hydrogens (primary N) is 1. The Balaban J connectivity index is 3.30. The van der Waals surface area contributed by atoms with E-state index in [1.54, 1.807) is 11.6 Å². The molecule has 20 heavy (non-hydrogen) atoms. The van der Waals surface area contributed by atoms with Crippen LogP contribution in [0.3, 0.4) is 0 Å². The van der Waals surface area contributed by atoms with Crippen LogP contribution in [0.25, 0.3) is 0 Å². The molecule has 1 aromatic rings. The maximum atomic E-state index is 11.3. The number of nitrogens with zero attached hydrogens (tertiary/aromatic N) is 3. The SMILES string of the molecule is CCCn1nc(C)c([N+](=O)[O-])c1NC(C)(CN)C(C)C. The number of aromatic nitrogens is 2. The minimum Gasteiger partial charge on any atom is -0.358 e. The molecule has 0 saturated heterocycles. The standard InChI is InChI=1S/C13H25N5O2/c1-6-7-17-12(11(18(19)20)10(4)16-17)15-13(5,8-14)9(2)3/h9,15H,6-8,14H2,1-5H3. The van der Waals surface area contributed by atoms with E-state index in [1.807, 2.05) is 27.7 Å². The van der Waals surface area contributed by atoms with Crippen LogP contribution in [-0.2, 0) is 6.54 Å². The normalized spacial score (nSPS) is 14.3. The smallest absolute Gasteiger partial charge is 0.333 e. The molecule has 0 aliphatic rings. The molecule has 1 aromatic heterocycles. The first-order chi connectivity index (χ1) is 9.26. The van der Waals surface area contributed by atoms with Crippen molar-refractivity contribution in [3.63, 3.8) is 0 Å². The van der Waals surface area contributed by atoms with Crippen molar-refractivity contribution in [3.05, 3.63) is 15.8 Å². The lowest BCUT2D eigenvalue weighted by Gasteiger charge is -2.34. The Hall–Kier alpha value is -1.63. The van der Waals surface area contributed by atoms with Crippen LogP contribution in [0.5, 0.6) is 0 Å². The van der Waals surface area contributed by atoms with Crippen molar-refractivity contribution in [2.24, 2.45) is 11.7 Å². The number of aryl methyl sites for hydroxylation is 2. The largest absolute Gasteiger partial charge is 0.358 e. The highest BCUT2D eigenvalue weighted by Gasteiger charge is 2.33. The first kappa shape index (κ1) is 16.4. The van der Waals surface area contributed by atoms with Gasteiger partial charge in [0.2, 0.25) is 5.82 Å². The maximum Gasteiger partial charge on any atom is 0.333 e. The van der Waals surface area contributed by atoms with Crippen LogP contribution in [0.1, 0.15) is 39.8 Å². The van der Waals surface area contributed by atoms with E-state index in [4.69, 9.17) is 5.73 Å². The maximum absolute atomic E-state index is 11.3. The van der Waals surface area contributed by atoms with Crippen LogP contribution in [0.15, 0.2) is 0 Å². The van der Waals surface area contributed by atoms with E-state index in [2.05, 4.69) is 10.4 Å². The summed E-state index contributed by atoms with van der Waals surface area (Å²) in [6.45, 7) is 10.7. The summed E-state index contributed by atoms with van der Waals surface area (Å²) < 4.78 is 1.67. The van der Waals surface area contributed by atoms with Gasteiger partial charge < -0.3 is 11.1 Å². The summed E-state index contributed by atoms with van der Waals surface area (Å²) in [5, 5.41) is 18.8. The molecule has 0 bridgehead atoms. The monoisotopic (exact) mass is 283 g/mol. The fourth-order valence-electron chi connectivity index (χ4n) is 1.99. The first-order valence-corrected chi connectivity index (χ1v) is 6.96. The van der Waals surface area contributed by atoms with E-state index in [0.29, 0.717) is 24.6 Å². The predicted octanol–water partition coefficient (Wildman–Crippen LogP) is 2.30. The zero-order chi connectivity index (χ0) is 15.5. The molecule has 0 aliphatic heterocycles. The van der Waals surface area contributed by atoms with Gasteiger partial charge in [0.15, 0.2) is 0 Å². The second-order valence-electron chi connectivity index (χ2n) is 5.66. The summed E-state index contributed by atoms with van der Waals surface area (Å²) in [4.78, 5) is 10.9. The second kappa shape index (κ2) is 6.21. The summed E-state index contributed by atoms with van der Waals surface area (Å²) in [7, 11) is 0. The molecular weight excluding hydrogens is 258 g/mol. The van der Waals surface area contributed by atoms with Gasteiger partial charge in [0, 0.05) is 13.1 Å². The lowest BCUT2D eigenvalue weighted by Crippen LogP contribution is -2.47. The van der Waals surface area contributed by atoms with Gasteiger partial charge in [0.25, 0.3) is 0 Å². The number of anilines is 1. The number of nitrogens with one attached hydrogen (secondary N) is 1. The molecular formula is C13H25N5O2. The van der Waals surface area contributed by atoms with Crippen LogP contribution in [-0.4, -0.2) is 26.8 Å². The van der Waals surface area contributed by atoms with Crippen LogP contribution in [0, 0.1) is 23.0 Å². The molecule has 114 valence electrons. The molecule has 1 heterocycles. The highest BCUT2D eigenvalue weighted by Crippen LogP contribution is 2.32. The average molecular weight is 283 g/mol. The molecule has 0 fully saturated rings. The third-order valence-corrected chi connectivity index (χ3v) is 3.82. The van der Waals surface area contributed by atoms with Gasteiger partial charge in [-0.15, -0.1) is 0 Å². The van der Waals surface area contributed by atoms with Crippen molar-refractivity contribution in [2.45, 2.75) is 53.1 Å². The summed E-state index contributed by atoms with van der Waals surface area (Å²) in [5.74, 6) is 0.688. The molecule has 1 rings (SSSR count). The van der Waals surface area contributed by atoms with Crippen molar-refractivity contribution in [1.82, 2.24) is 9.78 Å². The van der Waals surface area contributed by atoms with Crippen molar-refractivity contribution >= 4 is 11.5 Å². The van der Waals surface area contributed by atoms with Gasteiger partial charge >= 0.3 is 5.69 Å². The third-order valence-electron chi connectivity index (χ3n) is 3.82. The van der Waals surface area contributed by atoms with Gasteiger partial charge in [-0.05, 0) is 26.2 Å². The van der Waals surface area contributed by atoms with Crippen molar-refractivity contribution in [3.8, 4) is 0 Å². The molecule has 0 radical (unpaired) electrons. The van der Waals surface area contributed by atoms with E-state index < -0.39 is 5.54 Å². The van der Waals surface area contributed by atoms with Crippen molar-refractivity contribution in [1.29, 1.82) is 0 Å². The molecule has 1 atom stereocenters. The number of hydrogen-bond acceptors (Lipinski definition) is 5. The average Bonchev–Trinajstić information content (AvgIpc) is 2.65. The Kier molecular flexibility index (Phi) is 5.10. The molecule has 0 aromatic carbocycles. The Labute approximate surface area is 119 Å². The Morgan fingerprint density at radius 1 is 1.55 bits per heavy atom. The van der Waals surface area contributed by atoms with Crippen LogP contribution in [0.4, 0.5) is 11.5 Å². The van der Waals surface area contributed by atoms with E-state index >= 15 is 0 Å². The molecule has 0 spiro atoms. The lowest BCUT2D eigenvalue weighted by atomic mass is 9.88. The van der Waals surface area contributed by atoms with Gasteiger partial charge in [0.05, 0.1) is 10.5 Å². The van der Waals surface area contributed by atoms with Gasteiger partial charge in [-0.1, -0.05) is 20.8 Å². The zero-order valence-electron chi connectivity index (χ0n) is 12.9. The number of hydrogen-bond donors (Lipinski definition) is 2. The minimum atomic E-state index is -0.414. The van der Waals surface area contributed by atoms with E-state index in [1.165, 1.54) is 0 Å². The molecule has 3 N–H and O–H groups in total. The van der Waals surface area contributed by atoms with Gasteiger partial charge in [-0.2, -0.15) is 5.10 Å². The van der Waals surface area contributed by atoms with Crippen LogP contribution < -0.4 is 11.1 Å². The lowest BCUT2D eigenvalue weighted by molar-refractivity contribution is -0.384. The quantitative estimate of drug-likeness (QED) is 0.591. The second-order valence-corrected chi connectivity index (χ2v) is 5.66. The fourth-order valence-corrected chi connectivity index (χ4v) is 1.99. The molecule has 7 heteroatoms. The fraction of sp³-hybridized carbons (Fsp3) is 0.769. The predicted molar refractivity (Wildman–Crippen MR) is 79.8 cm³/mol. The van der Waals surface area contributed by atoms with Gasteiger partial charge in [-0.3, -0.25) is 10.1 Å². The Bertz CT molecular complexity index is 483. The molecule has 0 amide bonds. The topological polar surface area (TPSA) is 99.0 Å². The summed E-state index contributed by atoms with van der Waals surface area (Å²) in [6, 6.07) is 0. The Morgan fingerprint density at radius 2 is 2.15 bits per heavy atom. The molecule has 0 aliphatic carbocycles. The van der Waals surface area contributed by atoms with Crippen molar-refractivity contribution < 1.29 is 4.92 Å². The summed E-state index contributed by atoms with van der Waals surface area (Å²) in [6.07, 6.45) is 0.855.